The van der Waals surface area contributed by atoms with E-state index < -0.39 is 0 Å². The monoisotopic (exact) mass is 491 g/mol. The number of nitrogen functional groups attached to an aromatic ring is 1. The minimum absolute atomic E-state index is 0.147. The zero-order chi connectivity index (χ0) is 24.2. The van der Waals surface area contributed by atoms with E-state index in [0.717, 1.165) is 46.8 Å². The lowest BCUT2D eigenvalue weighted by atomic mass is 10.0. The fraction of sp³-hybridized carbons (Fsp3) is 0.444. The van der Waals surface area contributed by atoms with Gasteiger partial charge in [0.1, 0.15) is 10.8 Å². The zero-order valence-corrected chi connectivity index (χ0v) is 21.1. The number of carbonyl (C=O) groups is 1. The number of hydrogen-bond donors (Lipinski definition) is 1. The highest BCUT2D eigenvalue weighted by atomic mass is 32.1. The Morgan fingerprint density at radius 3 is 2.86 bits per heavy atom. The van der Waals surface area contributed by atoms with Crippen molar-refractivity contribution in [1.82, 2.24) is 14.9 Å². The van der Waals surface area contributed by atoms with Crippen LogP contribution in [-0.4, -0.2) is 46.9 Å². The molecule has 0 unspecified atom stereocenters. The highest BCUT2D eigenvalue weighted by Gasteiger charge is 2.26. The first kappa shape index (κ1) is 23.8. The Kier molecular flexibility index (Phi) is 7.29. The lowest BCUT2D eigenvalue weighted by molar-refractivity contribution is -0.117. The van der Waals surface area contributed by atoms with E-state index in [1.807, 2.05) is 12.3 Å². The van der Waals surface area contributed by atoms with Gasteiger partial charge in [-0.25, -0.2) is 4.98 Å². The van der Waals surface area contributed by atoms with Crippen LogP contribution in [0.4, 0.5) is 11.5 Å². The second-order valence-electron chi connectivity index (χ2n) is 9.43. The molecule has 8 heteroatoms. The molecule has 1 saturated heterocycles. The van der Waals surface area contributed by atoms with E-state index in [0.29, 0.717) is 37.8 Å². The van der Waals surface area contributed by atoms with Crippen LogP contribution in [0, 0.1) is 0 Å². The van der Waals surface area contributed by atoms with Gasteiger partial charge in [0.05, 0.1) is 18.8 Å². The third kappa shape index (κ3) is 5.65. The second-order valence-corrected chi connectivity index (χ2v) is 10.5. The summed E-state index contributed by atoms with van der Waals surface area (Å²) in [5, 5.41) is 1.04. The normalized spacial score (nSPS) is 16.0. The SMILES string of the molecule is CCCCOc1cc2c(c(N)n1)CC(=O)CN2Cc1cccc(-c2ncc(CN3CCCC3)s2)c1. The third-order valence-electron chi connectivity index (χ3n) is 6.62. The molecule has 4 heterocycles. The van der Waals surface area contributed by atoms with Crippen molar-refractivity contribution in [1.29, 1.82) is 0 Å². The molecule has 0 amide bonds. The maximum absolute atomic E-state index is 12.5. The first-order valence-corrected chi connectivity index (χ1v) is 13.4. The van der Waals surface area contributed by atoms with E-state index in [-0.39, 0.29) is 5.78 Å². The Balaban J connectivity index is 1.35. The molecule has 0 radical (unpaired) electrons. The summed E-state index contributed by atoms with van der Waals surface area (Å²) in [6.45, 7) is 7.05. The van der Waals surface area contributed by atoms with Crippen molar-refractivity contribution in [3.8, 4) is 16.5 Å². The molecule has 0 atom stereocenters. The average molecular weight is 492 g/mol. The van der Waals surface area contributed by atoms with Crippen molar-refractivity contribution in [2.75, 3.05) is 36.9 Å². The molecule has 184 valence electrons. The molecule has 0 aliphatic carbocycles. The number of unbranched alkanes of at least 4 members (excludes halogenated alkanes) is 1. The van der Waals surface area contributed by atoms with Gasteiger partial charge in [0.25, 0.3) is 0 Å². The number of rotatable bonds is 9. The molecular weight excluding hydrogens is 458 g/mol. The summed E-state index contributed by atoms with van der Waals surface area (Å²) < 4.78 is 5.83. The molecule has 1 aromatic carbocycles. The molecule has 0 bridgehead atoms. The van der Waals surface area contributed by atoms with E-state index in [1.165, 1.54) is 30.8 Å². The minimum atomic E-state index is 0.147. The number of benzene rings is 1. The highest BCUT2D eigenvalue weighted by molar-refractivity contribution is 7.15. The number of carbonyl (C=O) groups excluding carboxylic acids is 1. The van der Waals surface area contributed by atoms with Crippen molar-refractivity contribution in [2.24, 2.45) is 0 Å². The van der Waals surface area contributed by atoms with E-state index in [2.05, 4.69) is 46.0 Å². The maximum atomic E-state index is 12.5. The number of nitrogens with zero attached hydrogens (tertiary/aromatic N) is 4. The lowest BCUT2D eigenvalue weighted by Gasteiger charge is -2.31. The number of ketones is 1. The number of ether oxygens (including phenoxy) is 1. The fourth-order valence-corrected chi connectivity index (χ4v) is 5.75. The van der Waals surface area contributed by atoms with Crippen LogP contribution in [0.3, 0.4) is 0 Å². The Bertz CT molecular complexity index is 1190. The van der Waals surface area contributed by atoms with Crippen molar-refractivity contribution in [2.45, 2.75) is 52.1 Å². The number of Topliss-reactive ketones (excluding diaryl/α,β-unsaturated/α-hetero) is 1. The van der Waals surface area contributed by atoms with Crippen molar-refractivity contribution < 1.29 is 9.53 Å². The van der Waals surface area contributed by atoms with Crippen molar-refractivity contribution in [3.63, 3.8) is 0 Å². The van der Waals surface area contributed by atoms with Gasteiger partial charge in [-0.2, -0.15) is 4.98 Å². The number of pyridine rings is 1. The van der Waals surface area contributed by atoms with Gasteiger partial charge in [0.15, 0.2) is 5.78 Å². The molecule has 35 heavy (non-hydrogen) atoms. The Labute approximate surface area is 210 Å². The molecule has 1 fully saturated rings. The summed E-state index contributed by atoms with van der Waals surface area (Å²) in [5.41, 5.74) is 10.2. The summed E-state index contributed by atoms with van der Waals surface area (Å²) >= 11 is 1.77. The molecule has 7 nitrogen and oxygen atoms in total. The Morgan fingerprint density at radius 2 is 2.03 bits per heavy atom. The van der Waals surface area contributed by atoms with Gasteiger partial charge in [-0.05, 0) is 44.0 Å². The molecule has 5 rings (SSSR count). The summed E-state index contributed by atoms with van der Waals surface area (Å²) in [7, 11) is 0. The predicted octanol–water partition coefficient (Wildman–Crippen LogP) is 4.69. The van der Waals surface area contributed by atoms with Crippen LogP contribution in [0.15, 0.2) is 36.5 Å². The number of fused-ring (bicyclic) bond motifs is 1. The molecule has 0 spiro atoms. The summed E-state index contributed by atoms with van der Waals surface area (Å²) in [6, 6.07) is 10.4. The molecule has 2 aliphatic heterocycles. The standard InChI is InChI=1S/C27H33N5O2S/c1-2-3-11-34-25-14-24-23(26(28)30-25)13-21(33)17-32(24)16-19-7-6-8-20(12-19)27-29-15-22(35-27)18-31-9-4-5-10-31/h6-8,12,14-15H,2-5,9-11,13,16-18H2,1H3,(H2,28,30). The fourth-order valence-electron chi connectivity index (χ4n) is 4.80. The van der Waals surface area contributed by atoms with Crippen LogP contribution in [0.5, 0.6) is 5.88 Å². The maximum Gasteiger partial charge on any atom is 0.217 e. The number of likely N-dealkylation sites (tertiary alicyclic amines) is 1. The van der Waals surface area contributed by atoms with Gasteiger partial charge in [0.2, 0.25) is 5.88 Å². The summed E-state index contributed by atoms with van der Waals surface area (Å²) in [6.07, 6.45) is 6.94. The number of hydrogen-bond acceptors (Lipinski definition) is 8. The molecule has 2 aliphatic rings. The molecule has 2 aromatic heterocycles. The molecule has 2 N–H and O–H groups in total. The largest absolute Gasteiger partial charge is 0.478 e. The first-order valence-electron chi connectivity index (χ1n) is 12.5. The lowest BCUT2D eigenvalue weighted by Crippen LogP contribution is -2.35. The quantitative estimate of drug-likeness (QED) is 0.435. The molecule has 0 saturated carbocycles. The Morgan fingerprint density at radius 1 is 1.17 bits per heavy atom. The Hall–Kier alpha value is -2.97. The van der Waals surface area contributed by atoms with Crippen molar-refractivity contribution in [3.05, 3.63) is 52.5 Å². The summed E-state index contributed by atoms with van der Waals surface area (Å²) in [4.78, 5) is 27.5. The minimum Gasteiger partial charge on any atom is -0.478 e. The van der Waals surface area contributed by atoms with Crippen LogP contribution < -0.4 is 15.4 Å². The van der Waals surface area contributed by atoms with Crippen LogP contribution in [0.1, 0.15) is 48.6 Å². The molecule has 3 aromatic rings. The number of thiazole rings is 1. The predicted molar refractivity (Wildman–Crippen MR) is 141 cm³/mol. The number of anilines is 2. The van der Waals surface area contributed by atoms with Crippen LogP contribution in [-0.2, 0) is 24.3 Å². The number of aromatic nitrogens is 2. The highest BCUT2D eigenvalue weighted by Crippen LogP contribution is 2.34. The first-order chi connectivity index (χ1) is 17.1. The smallest absolute Gasteiger partial charge is 0.217 e. The van der Waals surface area contributed by atoms with Gasteiger partial charge in [-0.1, -0.05) is 31.5 Å². The van der Waals surface area contributed by atoms with Crippen LogP contribution in [0.25, 0.3) is 10.6 Å². The zero-order valence-electron chi connectivity index (χ0n) is 20.3. The van der Waals surface area contributed by atoms with E-state index in [4.69, 9.17) is 15.5 Å². The van der Waals surface area contributed by atoms with Crippen LogP contribution in [0.2, 0.25) is 0 Å². The van der Waals surface area contributed by atoms with Crippen molar-refractivity contribution >= 4 is 28.6 Å². The van der Waals surface area contributed by atoms with Gasteiger partial charge in [-0.15, -0.1) is 11.3 Å². The van der Waals surface area contributed by atoms with E-state index >= 15 is 0 Å². The van der Waals surface area contributed by atoms with Crippen LogP contribution >= 0.6 is 11.3 Å². The van der Waals surface area contributed by atoms with Gasteiger partial charge < -0.3 is 15.4 Å². The van der Waals surface area contributed by atoms with E-state index in [9.17, 15) is 4.79 Å². The summed E-state index contributed by atoms with van der Waals surface area (Å²) in [5.74, 6) is 1.05. The average Bonchev–Trinajstić information content (AvgIpc) is 3.53. The number of nitrogens with two attached hydrogens (primary N) is 1. The van der Waals surface area contributed by atoms with Gasteiger partial charge >= 0.3 is 0 Å². The topological polar surface area (TPSA) is 84.6 Å². The third-order valence-corrected chi connectivity index (χ3v) is 7.65. The molecular formula is C27H33N5O2S. The van der Waals surface area contributed by atoms with E-state index in [1.54, 1.807) is 11.3 Å². The second kappa shape index (κ2) is 10.7. The van der Waals surface area contributed by atoms with Gasteiger partial charge in [-0.3, -0.25) is 9.69 Å². The van der Waals surface area contributed by atoms with Gasteiger partial charge in [0, 0.05) is 47.8 Å².